The van der Waals surface area contributed by atoms with Gasteiger partial charge < -0.3 is 5.11 Å². The summed E-state index contributed by atoms with van der Waals surface area (Å²) in [5.74, 6) is 0.993. The summed E-state index contributed by atoms with van der Waals surface area (Å²) in [4.78, 5) is 8.85. The number of imidazole rings is 1. The first-order valence-electron chi connectivity index (χ1n) is 5.76. The minimum absolute atomic E-state index is 0.302. The zero-order valence-corrected chi connectivity index (χ0v) is 10.3. The molecular formula is C14H13N3O. The fourth-order valence-electron chi connectivity index (χ4n) is 1.91. The predicted molar refractivity (Wildman–Crippen MR) is 69.6 cm³/mol. The Labute approximate surface area is 105 Å². The largest absolute Gasteiger partial charge is 0.508 e. The number of phenolic OH excluding ortho intramolecular Hbond substituents is 1. The fraction of sp³-hybridized carbons (Fsp3) is 0.143. The van der Waals surface area contributed by atoms with Crippen molar-refractivity contribution in [3.05, 3.63) is 47.9 Å². The van der Waals surface area contributed by atoms with Gasteiger partial charge in [0.2, 0.25) is 5.78 Å². The SMILES string of the molecule is Cc1ccn2cc(-c3ccc(O)c(C)c3)nc2n1. The quantitative estimate of drug-likeness (QED) is 0.710. The molecule has 0 amide bonds. The van der Waals surface area contributed by atoms with Crippen molar-refractivity contribution in [3.63, 3.8) is 0 Å². The topological polar surface area (TPSA) is 50.4 Å². The van der Waals surface area contributed by atoms with Gasteiger partial charge in [-0.1, -0.05) is 0 Å². The first kappa shape index (κ1) is 10.8. The smallest absolute Gasteiger partial charge is 0.234 e. The van der Waals surface area contributed by atoms with Crippen LogP contribution in [0.2, 0.25) is 0 Å². The molecule has 2 heterocycles. The highest BCUT2D eigenvalue weighted by Crippen LogP contribution is 2.24. The summed E-state index contributed by atoms with van der Waals surface area (Å²) >= 11 is 0. The Morgan fingerprint density at radius 2 is 1.94 bits per heavy atom. The second-order valence-electron chi connectivity index (χ2n) is 4.40. The van der Waals surface area contributed by atoms with Gasteiger partial charge in [-0.05, 0) is 43.7 Å². The van der Waals surface area contributed by atoms with Crippen LogP contribution in [0.25, 0.3) is 17.0 Å². The van der Waals surface area contributed by atoms with Crippen molar-refractivity contribution in [3.8, 4) is 17.0 Å². The molecule has 0 fully saturated rings. The van der Waals surface area contributed by atoms with Gasteiger partial charge in [-0.3, -0.25) is 4.40 Å². The lowest BCUT2D eigenvalue weighted by atomic mass is 10.1. The van der Waals surface area contributed by atoms with Crippen molar-refractivity contribution < 1.29 is 5.11 Å². The average molecular weight is 239 g/mol. The number of phenols is 1. The molecule has 0 aliphatic heterocycles. The van der Waals surface area contributed by atoms with Gasteiger partial charge in [-0.15, -0.1) is 0 Å². The molecule has 0 unspecified atom stereocenters. The molecule has 4 nitrogen and oxygen atoms in total. The lowest BCUT2D eigenvalue weighted by Gasteiger charge is -2.00. The molecular weight excluding hydrogens is 226 g/mol. The van der Waals surface area contributed by atoms with Gasteiger partial charge >= 0.3 is 0 Å². The zero-order valence-electron chi connectivity index (χ0n) is 10.3. The van der Waals surface area contributed by atoms with E-state index < -0.39 is 0 Å². The number of fused-ring (bicyclic) bond motifs is 1. The van der Waals surface area contributed by atoms with E-state index in [9.17, 15) is 5.11 Å². The van der Waals surface area contributed by atoms with Crippen molar-refractivity contribution in [2.24, 2.45) is 0 Å². The monoisotopic (exact) mass is 239 g/mol. The molecule has 0 aliphatic rings. The van der Waals surface area contributed by atoms with E-state index in [0.29, 0.717) is 11.5 Å². The number of hydrogen-bond acceptors (Lipinski definition) is 3. The lowest BCUT2D eigenvalue weighted by Crippen LogP contribution is -1.88. The number of aromatic nitrogens is 3. The highest BCUT2D eigenvalue weighted by atomic mass is 16.3. The van der Waals surface area contributed by atoms with Crippen LogP contribution >= 0.6 is 0 Å². The van der Waals surface area contributed by atoms with Crippen molar-refractivity contribution in [2.75, 3.05) is 0 Å². The summed E-state index contributed by atoms with van der Waals surface area (Å²) in [5, 5.41) is 9.53. The molecule has 3 rings (SSSR count). The highest BCUT2D eigenvalue weighted by Gasteiger charge is 2.06. The molecule has 0 bridgehead atoms. The number of aromatic hydroxyl groups is 1. The molecule has 0 radical (unpaired) electrons. The Morgan fingerprint density at radius 1 is 1.11 bits per heavy atom. The van der Waals surface area contributed by atoms with E-state index in [2.05, 4.69) is 9.97 Å². The minimum Gasteiger partial charge on any atom is -0.508 e. The van der Waals surface area contributed by atoms with Gasteiger partial charge in [0.15, 0.2) is 0 Å². The Bertz CT molecular complexity index is 731. The zero-order chi connectivity index (χ0) is 12.7. The summed E-state index contributed by atoms with van der Waals surface area (Å²) in [5.41, 5.74) is 3.62. The second kappa shape index (κ2) is 3.84. The van der Waals surface area contributed by atoms with Crippen LogP contribution in [0.1, 0.15) is 11.3 Å². The number of rotatable bonds is 1. The average Bonchev–Trinajstić information content (AvgIpc) is 2.75. The lowest BCUT2D eigenvalue weighted by molar-refractivity contribution is 0.471. The Morgan fingerprint density at radius 3 is 2.72 bits per heavy atom. The molecule has 18 heavy (non-hydrogen) atoms. The van der Waals surface area contributed by atoms with Crippen molar-refractivity contribution >= 4 is 5.78 Å². The van der Waals surface area contributed by atoms with E-state index in [-0.39, 0.29) is 0 Å². The number of hydrogen-bond donors (Lipinski definition) is 1. The molecule has 1 N–H and O–H groups in total. The van der Waals surface area contributed by atoms with Gasteiger partial charge in [0.05, 0.1) is 5.69 Å². The van der Waals surface area contributed by atoms with E-state index in [1.165, 1.54) is 0 Å². The minimum atomic E-state index is 0.302. The van der Waals surface area contributed by atoms with Crippen LogP contribution in [-0.2, 0) is 0 Å². The maximum absolute atomic E-state index is 9.53. The Kier molecular flexibility index (Phi) is 2.30. The molecule has 0 spiro atoms. The van der Waals surface area contributed by atoms with E-state index in [4.69, 9.17) is 0 Å². The Hall–Kier alpha value is -2.36. The summed E-state index contributed by atoms with van der Waals surface area (Å²) in [6.45, 7) is 3.82. The summed E-state index contributed by atoms with van der Waals surface area (Å²) < 4.78 is 1.89. The van der Waals surface area contributed by atoms with Crippen LogP contribution in [0, 0.1) is 13.8 Å². The first-order chi connectivity index (χ1) is 8.63. The van der Waals surface area contributed by atoms with E-state index in [0.717, 1.165) is 22.5 Å². The van der Waals surface area contributed by atoms with Gasteiger partial charge in [-0.2, -0.15) is 0 Å². The van der Waals surface area contributed by atoms with E-state index >= 15 is 0 Å². The molecule has 1 aromatic carbocycles. The molecule has 4 heteroatoms. The second-order valence-corrected chi connectivity index (χ2v) is 4.40. The normalized spacial score (nSPS) is 11.0. The third-order valence-corrected chi connectivity index (χ3v) is 2.96. The predicted octanol–water partition coefficient (Wildman–Crippen LogP) is 2.72. The summed E-state index contributed by atoms with van der Waals surface area (Å²) in [6, 6.07) is 7.41. The number of nitrogens with zero attached hydrogens (tertiary/aromatic N) is 3. The van der Waals surface area contributed by atoms with E-state index in [1.54, 1.807) is 6.07 Å². The van der Waals surface area contributed by atoms with Gasteiger partial charge in [0.25, 0.3) is 0 Å². The van der Waals surface area contributed by atoms with E-state index in [1.807, 2.05) is 48.8 Å². The maximum atomic E-state index is 9.53. The summed E-state index contributed by atoms with van der Waals surface area (Å²) in [6.07, 6.45) is 3.88. The van der Waals surface area contributed by atoms with Crippen LogP contribution in [-0.4, -0.2) is 19.5 Å². The molecule has 0 saturated heterocycles. The molecule has 0 atom stereocenters. The van der Waals surface area contributed by atoms with Crippen LogP contribution in [0.15, 0.2) is 36.7 Å². The molecule has 3 aromatic rings. The van der Waals surface area contributed by atoms with Crippen LogP contribution in [0.4, 0.5) is 0 Å². The molecule has 0 aliphatic carbocycles. The van der Waals surface area contributed by atoms with Crippen LogP contribution < -0.4 is 0 Å². The van der Waals surface area contributed by atoms with Gasteiger partial charge in [0.1, 0.15) is 5.75 Å². The van der Waals surface area contributed by atoms with Crippen molar-refractivity contribution in [1.82, 2.24) is 14.4 Å². The molecule has 90 valence electrons. The number of benzene rings is 1. The van der Waals surface area contributed by atoms with Crippen LogP contribution in [0.5, 0.6) is 5.75 Å². The Balaban J connectivity index is 2.16. The van der Waals surface area contributed by atoms with Crippen molar-refractivity contribution in [2.45, 2.75) is 13.8 Å². The van der Waals surface area contributed by atoms with Crippen LogP contribution in [0.3, 0.4) is 0 Å². The van der Waals surface area contributed by atoms with Gasteiger partial charge in [0, 0.05) is 23.7 Å². The van der Waals surface area contributed by atoms with Gasteiger partial charge in [-0.25, -0.2) is 9.97 Å². The van der Waals surface area contributed by atoms with Crippen molar-refractivity contribution in [1.29, 1.82) is 0 Å². The molecule has 0 saturated carbocycles. The fourth-order valence-corrected chi connectivity index (χ4v) is 1.91. The summed E-state index contributed by atoms with van der Waals surface area (Å²) in [7, 11) is 0. The maximum Gasteiger partial charge on any atom is 0.234 e. The third kappa shape index (κ3) is 1.72. The highest BCUT2D eigenvalue weighted by molar-refractivity contribution is 5.63. The number of aryl methyl sites for hydroxylation is 2. The standard InChI is InChI=1S/C14H13N3O/c1-9-7-11(3-4-13(9)18)12-8-17-6-5-10(2)15-14(17)16-12/h3-8,18H,1-2H3. The third-order valence-electron chi connectivity index (χ3n) is 2.96. The first-order valence-corrected chi connectivity index (χ1v) is 5.76. The molecule has 2 aromatic heterocycles.